The molecule has 2 unspecified atom stereocenters. The topological polar surface area (TPSA) is 57.5 Å². The van der Waals surface area contributed by atoms with Gasteiger partial charge in [0, 0.05) is 47.3 Å². The Bertz CT molecular complexity index is 1280. The van der Waals surface area contributed by atoms with Crippen molar-refractivity contribution >= 4 is 34.4 Å². The van der Waals surface area contributed by atoms with Crippen LogP contribution in [0.2, 0.25) is 5.02 Å². The summed E-state index contributed by atoms with van der Waals surface area (Å²) in [5.41, 5.74) is 2.78. The number of halogens is 1. The fraction of sp³-hybridized carbons (Fsp3) is 0.429. The van der Waals surface area contributed by atoms with Crippen LogP contribution in [0.4, 0.5) is 0 Å². The van der Waals surface area contributed by atoms with E-state index in [1.807, 2.05) is 25.1 Å². The highest BCUT2D eigenvalue weighted by molar-refractivity contribution is 6.30. The van der Waals surface area contributed by atoms with Gasteiger partial charge in [0.2, 0.25) is 0 Å². The van der Waals surface area contributed by atoms with E-state index in [9.17, 15) is 9.59 Å². The number of carbonyl (C=O) groups is 2. The molecule has 35 heavy (non-hydrogen) atoms. The lowest BCUT2D eigenvalue weighted by Crippen LogP contribution is -2.56. The number of quaternary nitrogens is 1. The van der Waals surface area contributed by atoms with E-state index in [2.05, 4.69) is 14.1 Å². The zero-order valence-corrected chi connectivity index (χ0v) is 21.5. The molecular weight excluding hydrogens is 464 g/mol. The Balaban J connectivity index is 1.44. The third-order valence-corrected chi connectivity index (χ3v) is 8.49. The molecule has 0 saturated carbocycles. The number of aromatic nitrogens is 1. The average molecular weight is 496 g/mol. The minimum absolute atomic E-state index is 0.0370. The van der Waals surface area contributed by atoms with Gasteiger partial charge >= 0.3 is 5.97 Å². The van der Waals surface area contributed by atoms with Crippen molar-refractivity contribution in [1.29, 1.82) is 0 Å². The molecular formula is C28H32ClN2O4+. The first-order valence-corrected chi connectivity index (χ1v) is 12.6. The predicted octanol–water partition coefficient (Wildman–Crippen LogP) is 5.16. The summed E-state index contributed by atoms with van der Waals surface area (Å²) in [6, 6.07) is 13.5. The van der Waals surface area contributed by atoms with Gasteiger partial charge in [-0.05, 0) is 55.0 Å². The number of piperidine rings is 1. The van der Waals surface area contributed by atoms with Crippen molar-refractivity contribution in [1.82, 2.24) is 4.57 Å². The van der Waals surface area contributed by atoms with Gasteiger partial charge in [-0.15, -0.1) is 0 Å². The highest BCUT2D eigenvalue weighted by Crippen LogP contribution is 2.40. The maximum Gasteiger partial charge on any atom is 0.310 e. The third kappa shape index (κ3) is 4.23. The summed E-state index contributed by atoms with van der Waals surface area (Å²) >= 11 is 6.02. The van der Waals surface area contributed by atoms with Gasteiger partial charge in [0.15, 0.2) is 0 Å². The number of carbonyl (C=O) groups excluding carboxylic acids is 2. The first-order valence-electron chi connectivity index (χ1n) is 12.2. The van der Waals surface area contributed by atoms with Gasteiger partial charge in [-0.1, -0.05) is 11.6 Å². The predicted molar refractivity (Wildman–Crippen MR) is 136 cm³/mol. The van der Waals surface area contributed by atoms with Gasteiger partial charge < -0.3 is 14.0 Å². The van der Waals surface area contributed by atoms with Crippen LogP contribution in [-0.4, -0.2) is 60.3 Å². The smallest absolute Gasteiger partial charge is 0.310 e. The zero-order valence-electron chi connectivity index (χ0n) is 20.7. The number of hydrogen-bond acceptors (Lipinski definition) is 4. The van der Waals surface area contributed by atoms with Gasteiger partial charge in [0.05, 0.1) is 45.2 Å². The molecule has 6 nitrogen and oxygen atoms in total. The van der Waals surface area contributed by atoms with Gasteiger partial charge in [-0.25, -0.2) is 0 Å². The van der Waals surface area contributed by atoms with Crippen molar-refractivity contribution in [2.45, 2.75) is 57.2 Å². The molecule has 2 saturated heterocycles. The number of esters is 1. The average Bonchev–Trinajstić information content (AvgIpc) is 3.13. The lowest BCUT2D eigenvalue weighted by atomic mass is 9.97. The Morgan fingerprint density at radius 1 is 1.06 bits per heavy atom. The summed E-state index contributed by atoms with van der Waals surface area (Å²) in [6.07, 6.45) is 4.30. The van der Waals surface area contributed by atoms with Gasteiger partial charge in [-0.2, -0.15) is 0 Å². The molecule has 3 aromatic rings. The number of nitrogens with zero attached hydrogens (tertiary/aromatic N) is 2. The molecule has 2 aliphatic heterocycles. The molecule has 2 atom stereocenters. The van der Waals surface area contributed by atoms with Crippen LogP contribution in [0.15, 0.2) is 42.5 Å². The van der Waals surface area contributed by atoms with Gasteiger partial charge in [-0.3, -0.25) is 14.2 Å². The molecule has 184 valence electrons. The van der Waals surface area contributed by atoms with Crippen LogP contribution in [0, 0.1) is 6.92 Å². The number of fused-ring (bicyclic) bond motifs is 3. The van der Waals surface area contributed by atoms with Gasteiger partial charge in [0.25, 0.3) is 5.91 Å². The molecule has 0 radical (unpaired) electrons. The van der Waals surface area contributed by atoms with Crippen LogP contribution in [0.25, 0.3) is 10.9 Å². The van der Waals surface area contributed by atoms with Crippen molar-refractivity contribution in [3.8, 4) is 5.75 Å². The van der Waals surface area contributed by atoms with Crippen LogP contribution in [0.3, 0.4) is 0 Å². The molecule has 3 heterocycles. The molecule has 0 spiro atoms. The maximum absolute atomic E-state index is 13.5. The lowest BCUT2D eigenvalue weighted by Gasteiger charge is -2.43. The third-order valence-electron chi connectivity index (χ3n) is 8.24. The first kappa shape index (κ1) is 23.9. The summed E-state index contributed by atoms with van der Waals surface area (Å²) < 4.78 is 14.1. The Kier molecular flexibility index (Phi) is 6.14. The Morgan fingerprint density at radius 3 is 2.34 bits per heavy atom. The normalized spacial score (nSPS) is 22.8. The zero-order chi connectivity index (χ0) is 24.9. The Hall–Kier alpha value is -2.83. The fourth-order valence-corrected chi connectivity index (χ4v) is 6.22. The highest BCUT2D eigenvalue weighted by Gasteiger charge is 2.49. The van der Waals surface area contributed by atoms with Crippen LogP contribution in [0.1, 0.15) is 47.3 Å². The van der Waals surface area contributed by atoms with Crippen LogP contribution in [-0.2, 0) is 16.0 Å². The number of methoxy groups -OCH3 is 1. The van der Waals surface area contributed by atoms with Crippen molar-refractivity contribution in [2.75, 3.05) is 21.2 Å². The summed E-state index contributed by atoms with van der Waals surface area (Å²) in [5.74, 6) is 0.260. The maximum atomic E-state index is 13.5. The monoisotopic (exact) mass is 495 g/mol. The second-order valence-electron chi connectivity index (χ2n) is 10.4. The highest BCUT2D eigenvalue weighted by atomic mass is 35.5. The fourth-order valence-electron chi connectivity index (χ4n) is 6.09. The molecule has 0 amide bonds. The molecule has 2 fully saturated rings. The van der Waals surface area contributed by atoms with Crippen molar-refractivity contribution in [2.24, 2.45) is 0 Å². The number of hydrogen-bond donors (Lipinski definition) is 0. The molecule has 2 aliphatic rings. The summed E-state index contributed by atoms with van der Waals surface area (Å²) in [4.78, 5) is 26.6. The van der Waals surface area contributed by atoms with Crippen molar-refractivity contribution in [3.05, 3.63) is 64.3 Å². The Morgan fingerprint density at radius 2 is 1.71 bits per heavy atom. The summed E-state index contributed by atoms with van der Waals surface area (Å²) in [5, 5.41) is 1.39. The Labute approximate surface area is 211 Å². The van der Waals surface area contributed by atoms with E-state index in [0.717, 1.165) is 39.5 Å². The first-order chi connectivity index (χ1) is 16.7. The van der Waals surface area contributed by atoms with Crippen molar-refractivity contribution in [3.63, 3.8) is 0 Å². The van der Waals surface area contributed by atoms with E-state index in [1.54, 1.807) is 35.9 Å². The minimum Gasteiger partial charge on any atom is -0.497 e. The number of benzene rings is 2. The van der Waals surface area contributed by atoms with E-state index < -0.39 is 0 Å². The second-order valence-corrected chi connectivity index (χ2v) is 10.8. The SMILES string of the molecule is COc1ccc2c(c1)c(CC(=O)OC1CC3CCC(C1)[N+]3(C)C)c(C)n2C(=O)c1ccc(Cl)cc1. The number of ether oxygens (including phenoxy) is 2. The summed E-state index contributed by atoms with van der Waals surface area (Å²) in [6.45, 7) is 1.88. The van der Waals surface area contributed by atoms with Crippen LogP contribution < -0.4 is 4.74 Å². The standard InChI is InChI=1S/C28H32ClN2O4/c1-17-24(16-27(32)35-23-13-20-9-10-21(14-23)31(20,2)3)25-15-22(34-4)11-12-26(25)30(17)28(33)18-5-7-19(29)8-6-18/h5-8,11-12,15,20-21,23H,9-10,13-14,16H2,1-4H3/q+1. The molecule has 1 aromatic heterocycles. The van der Waals surface area contributed by atoms with E-state index in [0.29, 0.717) is 28.4 Å². The van der Waals surface area contributed by atoms with E-state index >= 15 is 0 Å². The molecule has 0 N–H and O–H groups in total. The van der Waals surface area contributed by atoms with E-state index in [-0.39, 0.29) is 24.4 Å². The minimum atomic E-state index is -0.245. The molecule has 0 aliphatic carbocycles. The quantitative estimate of drug-likeness (QED) is 0.362. The van der Waals surface area contributed by atoms with E-state index in [1.165, 1.54) is 12.8 Å². The molecule has 5 rings (SSSR count). The number of rotatable bonds is 5. The van der Waals surface area contributed by atoms with Crippen LogP contribution in [0.5, 0.6) is 5.75 Å². The van der Waals surface area contributed by atoms with E-state index in [4.69, 9.17) is 21.1 Å². The second kappa shape index (κ2) is 8.99. The molecule has 7 heteroatoms. The lowest BCUT2D eigenvalue weighted by molar-refractivity contribution is -0.931. The van der Waals surface area contributed by atoms with Gasteiger partial charge in [0.1, 0.15) is 11.9 Å². The largest absolute Gasteiger partial charge is 0.497 e. The molecule has 2 bridgehead atoms. The van der Waals surface area contributed by atoms with Crippen molar-refractivity contribution < 1.29 is 23.5 Å². The summed E-state index contributed by atoms with van der Waals surface area (Å²) in [7, 11) is 6.20. The molecule has 2 aromatic carbocycles. The van der Waals surface area contributed by atoms with Crippen LogP contribution >= 0.6 is 11.6 Å².